The molecule has 5 nitrogen and oxygen atoms in total. The van der Waals surface area contributed by atoms with Crippen LogP contribution in [0.3, 0.4) is 0 Å². The van der Waals surface area contributed by atoms with E-state index in [2.05, 4.69) is 0 Å². The molecule has 6 heteroatoms. The van der Waals surface area contributed by atoms with Gasteiger partial charge in [0.1, 0.15) is 4.90 Å². The molecule has 0 bridgehead atoms. The second-order valence-corrected chi connectivity index (χ2v) is 7.45. The number of aromatic nitrogens is 1. The smallest absolute Gasteiger partial charge is 0.244 e. The van der Waals surface area contributed by atoms with Crippen LogP contribution in [0.2, 0.25) is 0 Å². The van der Waals surface area contributed by atoms with Crippen molar-refractivity contribution >= 4 is 10.0 Å². The van der Waals surface area contributed by atoms with Crippen LogP contribution in [0.5, 0.6) is 0 Å². The topological polar surface area (TPSA) is 62.5 Å². The first kappa shape index (κ1) is 15.5. The molecule has 0 spiro atoms. The van der Waals surface area contributed by atoms with Crippen LogP contribution < -0.4 is 0 Å². The number of hydrogen-bond acceptors (Lipinski definition) is 3. The van der Waals surface area contributed by atoms with Crippen molar-refractivity contribution in [3.8, 4) is 0 Å². The third-order valence-electron chi connectivity index (χ3n) is 4.14. The molecule has 1 aromatic rings. The van der Waals surface area contributed by atoms with E-state index < -0.39 is 10.0 Å². The standard InChI is InChI=1S/C14H24N2O3S/c1-4-11(5-2)15(3)20(18,19)14-8-13(10-17)16(9-14)12-6-7-12/h8-9,11-12,17H,4-7,10H2,1-3H3. The zero-order valence-electron chi connectivity index (χ0n) is 12.4. The van der Waals surface area contributed by atoms with E-state index in [9.17, 15) is 13.5 Å². The van der Waals surface area contributed by atoms with Crippen LogP contribution in [0.25, 0.3) is 0 Å². The zero-order chi connectivity index (χ0) is 14.9. The van der Waals surface area contributed by atoms with Crippen LogP contribution in [-0.4, -0.2) is 35.5 Å². The molecule has 1 heterocycles. The van der Waals surface area contributed by atoms with E-state index in [0.29, 0.717) is 16.6 Å². The van der Waals surface area contributed by atoms with Gasteiger partial charge in [0.05, 0.1) is 6.61 Å². The fourth-order valence-electron chi connectivity index (χ4n) is 2.62. The lowest BCUT2D eigenvalue weighted by Crippen LogP contribution is -2.36. The summed E-state index contributed by atoms with van der Waals surface area (Å²) in [5, 5.41) is 9.39. The highest BCUT2D eigenvalue weighted by Gasteiger charge is 2.31. The van der Waals surface area contributed by atoms with E-state index in [-0.39, 0.29) is 12.6 Å². The van der Waals surface area contributed by atoms with Gasteiger partial charge in [-0.05, 0) is 31.7 Å². The highest BCUT2D eigenvalue weighted by atomic mass is 32.2. The van der Waals surface area contributed by atoms with Crippen LogP contribution in [0.15, 0.2) is 17.2 Å². The van der Waals surface area contributed by atoms with Gasteiger partial charge in [-0.25, -0.2) is 8.42 Å². The Morgan fingerprint density at radius 1 is 1.40 bits per heavy atom. The largest absolute Gasteiger partial charge is 0.390 e. The van der Waals surface area contributed by atoms with Gasteiger partial charge in [-0.1, -0.05) is 13.8 Å². The normalized spacial score (nSPS) is 16.3. The molecule has 1 aromatic heterocycles. The quantitative estimate of drug-likeness (QED) is 0.839. The highest BCUT2D eigenvalue weighted by Crippen LogP contribution is 2.37. The molecule has 0 amide bonds. The molecule has 2 rings (SSSR count). The summed E-state index contributed by atoms with van der Waals surface area (Å²) >= 11 is 0. The molecule has 1 fully saturated rings. The minimum Gasteiger partial charge on any atom is -0.390 e. The van der Waals surface area contributed by atoms with Crippen molar-refractivity contribution in [3.63, 3.8) is 0 Å². The average Bonchev–Trinajstić information content (AvgIpc) is 3.18. The molecule has 0 unspecified atom stereocenters. The predicted octanol–water partition coefficient (Wildman–Crippen LogP) is 2.12. The number of nitrogens with zero attached hydrogens (tertiary/aromatic N) is 2. The predicted molar refractivity (Wildman–Crippen MR) is 77.9 cm³/mol. The Hall–Kier alpha value is -0.850. The first-order chi connectivity index (χ1) is 9.45. The Kier molecular flexibility index (Phi) is 4.56. The van der Waals surface area contributed by atoms with Gasteiger partial charge in [-0.15, -0.1) is 0 Å². The molecule has 114 valence electrons. The van der Waals surface area contributed by atoms with Crippen LogP contribution in [0, 0.1) is 0 Å². The Balaban J connectivity index is 2.34. The minimum absolute atomic E-state index is 0.0156. The van der Waals surface area contributed by atoms with Gasteiger partial charge < -0.3 is 9.67 Å². The van der Waals surface area contributed by atoms with Gasteiger partial charge in [-0.3, -0.25) is 0 Å². The minimum atomic E-state index is -3.48. The molecular weight excluding hydrogens is 276 g/mol. The van der Waals surface area contributed by atoms with Crippen LogP contribution in [-0.2, 0) is 16.6 Å². The van der Waals surface area contributed by atoms with E-state index >= 15 is 0 Å². The summed E-state index contributed by atoms with van der Waals surface area (Å²) in [6.07, 6.45) is 5.38. The summed E-state index contributed by atoms with van der Waals surface area (Å²) in [5.41, 5.74) is 0.684. The molecule has 20 heavy (non-hydrogen) atoms. The van der Waals surface area contributed by atoms with E-state index in [1.807, 2.05) is 18.4 Å². The summed E-state index contributed by atoms with van der Waals surface area (Å²) in [5.74, 6) is 0. The lowest BCUT2D eigenvalue weighted by molar-refractivity contribution is 0.270. The van der Waals surface area contributed by atoms with Gasteiger partial charge in [0.15, 0.2) is 0 Å². The van der Waals surface area contributed by atoms with Crippen molar-refractivity contribution in [2.75, 3.05) is 7.05 Å². The number of sulfonamides is 1. The fourth-order valence-corrected chi connectivity index (χ4v) is 4.18. The molecule has 0 atom stereocenters. The van der Waals surface area contributed by atoms with Gasteiger partial charge >= 0.3 is 0 Å². The van der Waals surface area contributed by atoms with Crippen LogP contribution in [0.1, 0.15) is 51.3 Å². The lowest BCUT2D eigenvalue weighted by Gasteiger charge is -2.24. The molecule has 1 N–H and O–H groups in total. The van der Waals surface area contributed by atoms with Crippen molar-refractivity contribution < 1.29 is 13.5 Å². The van der Waals surface area contributed by atoms with Gasteiger partial charge in [0.25, 0.3) is 0 Å². The van der Waals surface area contributed by atoms with E-state index in [1.54, 1.807) is 19.3 Å². The third kappa shape index (κ3) is 2.77. The molecular formula is C14H24N2O3S. The average molecular weight is 300 g/mol. The van der Waals surface area contributed by atoms with Gasteiger partial charge in [-0.2, -0.15) is 4.31 Å². The van der Waals surface area contributed by atoms with E-state index in [1.165, 1.54) is 4.31 Å². The molecule has 1 saturated carbocycles. The highest BCUT2D eigenvalue weighted by molar-refractivity contribution is 7.89. The monoisotopic (exact) mass is 300 g/mol. The Morgan fingerprint density at radius 3 is 2.45 bits per heavy atom. The van der Waals surface area contributed by atoms with E-state index in [4.69, 9.17) is 0 Å². The molecule has 1 aliphatic carbocycles. The number of aliphatic hydroxyl groups is 1. The van der Waals surface area contributed by atoms with Crippen molar-refractivity contribution in [2.45, 2.75) is 63.1 Å². The Labute approximate surface area is 121 Å². The lowest BCUT2D eigenvalue weighted by atomic mass is 10.2. The summed E-state index contributed by atoms with van der Waals surface area (Å²) in [7, 11) is -1.84. The molecule has 0 aliphatic heterocycles. The first-order valence-electron chi connectivity index (χ1n) is 7.25. The Bertz CT molecular complexity index is 557. The van der Waals surface area contributed by atoms with Crippen LogP contribution in [0.4, 0.5) is 0 Å². The maximum absolute atomic E-state index is 12.6. The SMILES string of the molecule is CCC(CC)N(C)S(=O)(=O)c1cc(CO)n(C2CC2)c1. The molecule has 0 saturated heterocycles. The van der Waals surface area contributed by atoms with Crippen molar-refractivity contribution in [2.24, 2.45) is 0 Å². The number of rotatable bonds is 7. The van der Waals surface area contributed by atoms with Crippen molar-refractivity contribution in [3.05, 3.63) is 18.0 Å². The van der Waals surface area contributed by atoms with E-state index in [0.717, 1.165) is 25.7 Å². The zero-order valence-corrected chi connectivity index (χ0v) is 13.2. The van der Waals surface area contributed by atoms with Crippen LogP contribution >= 0.6 is 0 Å². The Morgan fingerprint density at radius 2 is 2.00 bits per heavy atom. The van der Waals surface area contributed by atoms with Crippen molar-refractivity contribution in [1.82, 2.24) is 8.87 Å². The summed E-state index contributed by atoms with van der Waals surface area (Å²) in [4.78, 5) is 0.294. The molecule has 0 radical (unpaired) electrons. The van der Waals surface area contributed by atoms with Gasteiger partial charge in [0, 0.05) is 31.0 Å². The number of hydrogen-bond donors (Lipinski definition) is 1. The second kappa shape index (κ2) is 5.87. The summed E-state index contributed by atoms with van der Waals surface area (Å²) in [6, 6.07) is 1.98. The summed E-state index contributed by atoms with van der Waals surface area (Å²) < 4.78 is 28.7. The first-order valence-corrected chi connectivity index (χ1v) is 8.69. The maximum Gasteiger partial charge on any atom is 0.244 e. The number of aliphatic hydroxyl groups excluding tert-OH is 1. The second-order valence-electron chi connectivity index (χ2n) is 5.46. The fraction of sp³-hybridized carbons (Fsp3) is 0.714. The summed E-state index contributed by atoms with van der Waals surface area (Å²) in [6.45, 7) is 3.87. The molecule has 0 aromatic carbocycles. The van der Waals surface area contributed by atoms with Gasteiger partial charge in [0.2, 0.25) is 10.0 Å². The van der Waals surface area contributed by atoms with Crippen molar-refractivity contribution in [1.29, 1.82) is 0 Å². The maximum atomic E-state index is 12.6. The molecule has 1 aliphatic rings. The third-order valence-corrected chi connectivity index (χ3v) is 6.02.